The fourth-order valence-electron chi connectivity index (χ4n) is 3.39. The second-order valence-corrected chi connectivity index (χ2v) is 7.47. The van der Waals surface area contributed by atoms with Crippen LogP contribution in [0.15, 0.2) is 108 Å². The van der Waals surface area contributed by atoms with Gasteiger partial charge in [0.05, 0.1) is 11.3 Å². The molecule has 5 rings (SSSR count). The summed E-state index contributed by atoms with van der Waals surface area (Å²) in [4.78, 5) is 21.6. The monoisotopic (exact) mass is 448 g/mol. The minimum absolute atomic E-state index is 0.274. The summed E-state index contributed by atoms with van der Waals surface area (Å²) in [6.07, 6.45) is 3.34. The zero-order valence-corrected chi connectivity index (χ0v) is 18.1. The number of anilines is 1. The second-order valence-electron chi connectivity index (χ2n) is 7.47. The van der Waals surface area contributed by atoms with E-state index in [4.69, 9.17) is 9.26 Å². The summed E-state index contributed by atoms with van der Waals surface area (Å²) in [6, 6.07) is 27.9. The predicted molar refractivity (Wildman–Crippen MR) is 128 cm³/mol. The van der Waals surface area contributed by atoms with Gasteiger partial charge in [-0.1, -0.05) is 53.7 Å². The zero-order chi connectivity index (χ0) is 23.2. The third-order valence-electron chi connectivity index (χ3n) is 5.10. The summed E-state index contributed by atoms with van der Waals surface area (Å²) >= 11 is 0. The largest absolute Gasteiger partial charge is 0.489 e. The molecule has 34 heavy (non-hydrogen) atoms. The highest BCUT2D eigenvalue weighted by Gasteiger charge is 2.16. The van der Waals surface area contributed by atoms with Gasteiger partial charge in [-0.3, -0.25) is 9.78 Å². The molecule has 0 radical (unpaired) electrons. The molecule has 0 aliphatic carbocycles. The molecule has 7 nitrogen and oxygen atoms in total. The molecule has 2 aromatic heterocycles. The van der Waals surface area contributed by atoms with Gasteiger partial charge in [0.25, 0.3) is 11.8 Å². The first kappa shape index (κ1) is 21.1. The number of amides is 1. The van der Waals surface area contributed by atoms with Gasteiger partial charge < -0.3 is 14.6 Å². The van der Waals surface area contributed by atoms with Crippen molar-refractivity contribution in [2.75, 3.05) is 5.32 Å². The van der Waals surface area contributed by atoms with Crippen LogP contribution in [-0.4, -0.2) is 21.0 Å². The Hall–Kier alpha value is -4.78. The molecule has 3 aromatic carbocycles. The number of hydrogen-bond acceptors (Lipinski definition) is 6. The van der Waals surface area contributed by atoms with Gasteiger partial charge in [-0.25, -0.2) is 0 Å². The highest BCUT2D eigenvalue weighted by molar-refractivity contribution is 6.06. The average Bonchev–Trinajstić information content (AvgIpc) is 3.39. The maximum absolute atomic E-state index is 13.0. The Labute approximate surface area is 196 Å². The van der Waals surface area contributed by atoms with Crippen molar-refractivity contribution < 1.29 is 14.1 Å². The number of rotatable bonds is 7. The summed E-state index contributed by atoms with van der Waals surface area (Å²) in [5.74, 6) is 1.06. The third kappa shape index (κ3) is 4.83. The van der Waals surface area contributed by atoms with Gasteiger partial charge in [-0.2, -0.15) is 4.98 Å². The standard InChI is InChI=1S/C27H20N4O3/c32-26(20-10-6-12-22(16-20)33-18-19-8-2-1-3-9-19)29-24-14-5-4-13-23(24)27-30-25(31-34-27)21-11-7-15-28-17-21/h1-17H,18H2,(H,29,32). The molecule has 0 aliphatic heterocycles. The summed E-state index contributed by atoms with van der Waals surface area (Å²) in [5, 5.41) is 6.98. The van der Waals surface area contributed by atoms with E-state index in [9.17, 15) is 4.79 Å². The van der Waals surface area contributed by atoms with Gasteiger partial charge in [0.15, 0.2) is 0 Å². The fourth-order valence-corrected chi connectivity index (χ4v) is 3.39. The SMILES string of the molecule is O=C(Nc1ccccc1-c1nc(-c2cccnc2)no1)c1cccc(OCc2ccccc2)c1. The molecule has 0 saturated carbocycles. The first-order chi connectivity index (χ1) is 16.8. The third-order valence-corrected chi connectivity index (χ3v) is 5.10. The lowest BCUT2D eigenvalue weighted by atomic mass is 10.1. The Balaban J connectivity index is 1.33. The van der Waals surface area contributed by atoms with Crippen molar-refractivity contribution in [1.29, 1.82) is 0 Å². The number of hydrogen-bond donors (Lipinski definition) is 1. The Morgan fingerprint density at radius 1 is 0.912 bits per heavy atom. The molecule has 0 fully saturated rings. The van der Waals surface area contributed by atoms with Crippen LogP contribution in [0.25, 0.3) is 22.8 Å². The van der Waals surface area contributed by atoms with Crippen LogP contribution < -0.4 is 10.1 Å². The molecule has 0 unspecified atom stereocenters. The molecule has 1 N–H and O–H groups in total. The topological polar surface area (TPSA) is 90.1 Å². The highest BCUT2D eigenvalue weighted by Crippen LogP contribution is 2.29. The van der Waals surface area contributed by atoms with E-state index < -0.39 is 0 Å². The minimum atomic E-state index is -0.274. The summed E-state index contributed by atoms with van der Waals surface area (Å²) in [6.45, 7) is 0.422. The van der Waals surface area contributed by atoms with Gasteiger partial charge in [-0.15, -0.1) is 0 Å². The van der Waals surface area contributed by atoms with Crippen LogP contribution >= 0.6 is 0 Å². The van der Waals surface area contributed by atoms with E-state index in [1.54, 1.807) is 42.7 Å². The minimum Gasteiger partial charge on any atom is -0.489 e. The quantitative estimate of drug-likeness (QED) is 0.347. The molecule has 0 bridgehead atoms. The molecular formula is C27H20N4O3. The van der Waals surface area contributed by atoms with Crippen LogP contribution in [0.2, 0.25) is 0 Å². The molecule has 166 valence electrons. The second kappa shape index (κ2) is 9.79. The van der Waals surface area contributed by atoms with Gasteiger partial charge >= 0.3 is 0 Å². The summed E-state index contributed by atoms with van der Waals surface area (Å²) in [5.41, 5.74) is 3.45. The highest BCUT2D eigenvalue weighted by atomic mass is 16.5. The van der Waals surface area contributed by atoms with Gasteiger partial charge in [0.1, 0.15) is 12.4 Å². The Morgan fingerprint density at radius 3 is 2.62 bits per heavy atom. The first-order valence-electron chi connectivity index (χ1n) is 10.7. The van der Waals surface area contributed by atoms with E-state index in [-0.39, 0.29) is 5.91 Å². The number of ether oxygens (including phenoxy) is 1. The molecule has 2 heterocycles. The van der Waals surface area contributed by atoms with Crippen molar-refractivity contribution in [1.82, 2.24) is 15.1 Å². The molecule has 0 spiro atoms. The number of pyridine rings is 1. The van der Waals surface area contributed by atoms with Crippen LogP contribution in [0.3, 0.4) is 0 Å². The Bertz CT molecular complexity index is 1400. The lowest BCUT2D eigenvalue weighted by Gasteiger charge is -2.10. The molecule has 0 atom stereocenters. The van der Waals surface area contributed by atoms with Crippen LogP contribution in [0.1, 0.15) is 15.9 Å². The number of para-hydroxylation sites is 1. The van der Waals surface area contributed by atoms with E-state index in [1.807, 2.05) is 60.7 Å². The number of benzene rings is 3. The van der Waals surface area contributed by atoms with Crippen LogP contribution in [0.5, 0.6) is 5.75 Å². The fraction of sp³-hybridized carbons (Fsp3) is 0.0370. The first-order valence-corrected chi connectivity index (χ1v) is 10.7. The van der Waals surface area contributed by atoms with E-state index in [0.717, 1.165) is 11.1 Å². The van der Waals surface area contributed by atoms with Crippen molar-refractivity contribution in [3.63, 3.8) is 0 Å². The predicted octanol–water partition coefficient (Wildman–Crippen LogP) is 5.63. The van der Waals surface area contributed by atoms with Crippen molar-refractivity contribution in [2.24, 2.45) is 0 Å². The van der Waals surface area contributed by atoms with Gasteiger partial charge in [0.2, 0.25) is 5.82 Å². The molecule has 5 aromatic rings. The number of aromatic nitrogens is 3. The molecular weight excluding hydrogens is 428 g/mol. The number of nitrogens with one attached hydrogen (secondary N) is 1. The van der Waals surface area contributed by atoms with Crippen molar-refractivity contribution in [2.45, 2.75) is 6.61 Å². The summed E-state index contributed by atoms with van der Waals surface area (Å²) < 4.78 is 11.3. The van der Waals surface area contributed by atoms with Crippen LogP contribution in [0, 0.1) is 0 Å². The van der Waals surface area contributed by atoms with Crippen LogP contribution in [-0.2, 0) is 6.61 Å². The Kier molecular flexibility index (Phi) is 6.07. The number of carbonyl (C=O) groups excluding carboxylic acids is 1. The smallest absolute Gasteiger partial charge is 0.260 e. The normalized spacial score (nSPS) is 10.6. The van der Waals surface area contributed by atoms with Crippen LogP contribution in [0.4, 0.5) is 5.69 Å². The maximum Gasteiger partial charge on any atom is 0.260 e. The molecule has 0 saturated heterocycles. The van der Waals surface area contributed by atoms with E-state index in [0.29, 0.717) is 40.9 Å². The van der Waals surface area contributed by atoms with E-state index >= 15 is 0 Å². The number of nitrogens with zero attached hydrogens (tertiary/aromatic N) is 3. The lowest BCUT2D eigenvalue weighted by Crippen LogP contribution is -2.12. The maximum atomic E-state index is 13.0. The van der Waals surface area contributed by atoms with E-state index in [2.05, 4.69) is 20.4 Å². The molecule has 0 aliphatic rings. The lowest BCUT2D eigenvalue weighted by molar-refractivity contribution is 0.102. The Morgan fingerprint density at radius 2 is 1.76 bits per heavy atom. The van der Waals surface area contributed by atoms with Crippen molar-refractivity contribution >= 4 is 11.6 Å². The average molecular weight is 448 g/mol. The van der Waals surface area contributed by atoms with Crippen molar-refractivity contribution in [3.8, 4) is 28.6 Å². The van der Waals surface area contributed by atoms with Gasteiger partial charge in [-0.05, 0) is 48.0 Å². The number of carbonyl (C=O) groups is 1. The molecule has 1 amide bonds. The molecule has 7 heteroatoms. The van der Waals surface area contributed by atoms with Crippen molar-refractivity contribution in [3.05, 3.63) is 115 Å². The van der Waals surface area contributed by atoms with Gasteiger partial charge in [0, 0.05) is 23.5 Å². The van der Waals surface area contributed by atoms with E-state index in [1.165, 1.54) is 0 Å². The zero-order valence-electron chi connectivity index (χ0n) is 18.1. The summed E-state index contributed by atoms with van der Waals surface area (Å²) in [7, 11) is 0.